The van der Waals surface area contributed by atoms with Crippen LogP contribution in [-0.2, 0) is 17.6 Å². The minimum absolute atomic E-state index is 0.558. The molecule has 4 rings (SSSR count). The van der Waals surface area contributed by atoms with Gasteiger partial charge in [-0.1, -0.05) is 5.16 Å². The number of anilines is 1. The van der Waals surface area contributed by atoms with Gasteiger partial charge in [0.15, 0.2) is 11.5 Å². The van der Waals surface area contributed by atoms with E-state index in [0.717, 1.165) is 55.4 Å². The van der Waals surface area contributed by atoms with Gasteiger partial charge in [0.05, 0.1) is 6.61 Å². The first kappa shape index (κ1) is 16.8. The molecule has 0 saturated carbocycles. The molecule has 1 aliphatic heterocycles. The smallest absolute Gasteiger partial charge is 0.226 e. The topological polar surface area (TPSA) is 90.1 Å². The minimum atomic E-state index is 0.558. The Balaban J connectivity index is 1.34. The summed E-state index contributed by atoms with van der Waals surface area (Å²) >= 11 is 0. The first-order valence-corrected chi connectivity index (χ1v) is 8.95. The first-order chi connectivity index (χ1) is 12.8. The van der Waals surface area contributed by atoms with Crippen molar-refractivity contribution in [3.8, 4) is 0 Å². The summed E-state index contributed by atoms with van der Waals surface area (Å²) in [4.78, 5) is 20.0. The third kappa shape index (κ3) is 3.80. The maximum atomic E-state index is 5.37. The van der Waals surface area contributed by atoms with E-state index in [2.05, 4.69) is 30.0 Å². The highest BCUT2D eigenvalue weighted by Crippen LogP contribution is 2.25. The van der Waals surface area contributed by atoms with Crippen LogP contribution in [0, 0.1) is 5.92 Å². The Kier molecular flexibility index (Phi) is 5.01. The van der Waals surface area contributed by atoms with Crippen molar-refractivity contribution in [2.75, 3.05) is 31.7 Å². The van der Waals surface area contributed by atoms with E-state index < -0.39 is 0 Å². The van der Waals surface area contributed by atoms with Gasteiger partial charge in [-0.15, -0.1) is 0 Å². The average molecular weight is 354 g/mol. The van der Waals surface area contributed by atoms with E-state index in [1.807, 2.05) is 12.1 Å². The van der Waals surface area contributed by atoms with Crippen LogP contribution >= 0.6 is 0 Å². The molecule has 0 radical (unpaired) electrons. The Bertz CT molecular complexity index is 860. The van der Waals surface area contributed by atoms with Crippen LogP contribution in [0.4, 0.5) is 5.82 Å². The quantitative estimate of drug-likeness (QED) is 0.664. The highest BCUT2D eigenvalue weighted by Gasteiger charge is 2.22. The van der Waals surface area contributed by atoms with Crippen molar-refractivity contribution in [2.24, 2.45) is 5.92 Å². The van der Waals surface area contributed by atoms with E-state index >= 15 is 0 Å². The van der Waals surface area contributed by atoms with E-state index in [9.17, 15) is 0 Å². The van der Waals surface area contributed by atoms with E-state index in [0.29, 0.717) is 24.6 Å². The lowest BCUT2D eigenvalue weighted by molar-refractivity contribution is 0.199. The second-order valence-electron chi connectivity index (χ2n) is 6.55. The second-order valence-corrected chi connectivity index (χ2v) is 6.55. The van der Waals surface area contributed by atoms with Gasteiger partial charge in [0, 0.05) is 45.4 Å². The number of aromatic nitrogens is 5. The molecule has 0 aliphatic carbocycles. The molecule has 0 spiro atoms. The third-order valence-electron chi connectivity index (χ3n) is 4.76. The van der Waals surface area contributed by atoms with Gasteiger partial charge in [-0.05, 0) is 30.9 Å². The first-order valence-electron chi connectivity index (χ1n) is 8.95. The molecule has 8 heteroatoms. The molecule has 0 bridgehead atoms. The van der Waals surface area contributed by atoms with Crippen LogP contribution in [0.15, 0.2) is 29.0 Å². The summed E-state index contributed by atoms with van der Waals surface area (Å²) in [5.74, 6) is 2.98. The minimum Gasteiger partial charge on any atom is -0.384 e. The van der Waals surface area contributed by atoms with Crippen molar-refractivity contribution < 1.29 is 9.26 Å². The van der Waals surface area contributed by atoms with Gasteiger partial charge in [0.1, 0.15) is 11.3 Å². The maximum absolute atomic E-state index is 5.37. The highest BCUT2D eigenvalue weighted by molar-refractivity contribution is 5.71. The standard InChI is InChI=1S/C18H22N6O2/c1-25-11-6-15-21-17(26-23-15)12-13-4-9-24(10-5-13)16-3-2-14-18(22-16)20-8-7-19-14/h2-3,7-8,13H,4-6,9-12H2,1H3. The van der Waals surface area contributed by atoms with Gasteiger partial charge in [0.2, 0.25) is 5.89 Å². The molecule has 26 heavy (non-hydrogen) atoms. The summed E-state index contributed by atoms with van der Waals surface area (Å²) in [6.45, 7) is 2.54. The van der Waals surface area contributed by atoms with Crippen molar-refractivity contribution >= 4 is 17.0 Å². The lowest BCUT2D eigenvalue weighted by Crippen LogP contribution is -2.34. The summed E-state index contributed by atoms with van der Waals surface area (Å²) in [5, 5.41) is 4.01. The van der Waals surface area contributed by atoms with Gasteiger partial charge < -0.3 is 14.2 Å². The zero-order valence-electron chi connectivity index (χ0n) is 14.8. The molecular formula is C18H22N6O2. The Morgan fingerprint density at radius 3 is 2.85 bits per heavy atom. The van der Waals surface area contributed by atoms with Crippen molar-refractivity contribution in [1.29, 1.82) is 0 Å². The van der Waals surface area contributed by atoms with E-state index in [1.165, 1.54) is 0 Å². The zero-order chi connectivity index (χ0) is 17.8. The van der Waals surface area contributed by atoms with Crippen molar-refractivity contribution in [3.05, 3.63) is 36.2 Å². The highest BCUT2D eigenvalue weighted by atomic mass is 16.5. The summed E-state index contributed by atoms with van der Waals surface area (Å²) in [7, 11) is 1.67. The molecule has 3 aromatic rings. The second kappa shape index (κ2) is 7.74. The fourth-order valence-corrected chi connectivity index (χ4v) is 3.30. The number of piperidine rings is 1. The van der Waals surface area contributed by atoms with Crippen LogP contribution in [0.1, 0.15) is 24.6 Å². The fraction of sp³-hybridized carbons (Fsp3) is 0.500. The summed E-state index contributed by atoms with van der Waals surface area (Å²) in [5.41, 5.74) is 1.52. The summed E-state index contributed by atoms with van der Waals surface area (Å²) in [6.07, 6.45) is 7.05. The predicted octanol–water partition coefficient (Wildman–Crippen LogP) is 2.06. The Morgan fingerprint density at radius 1 is 1.15 bits per heavy atom. The average Bonchev–Trinajstić information content (AvgIpc) is 3.14. The number of hydrogen-bond acceptors (Lipinski definition) is 8. The number of methoxy groups -OCH3 is 1. The molecule has 0 amide bonds. The van der Waals surface area contributed by atoms with Gasteiger partial charge in [0.25, 0.3) is 0 Å². The molecule has 0 N–H and O–H groups in total. The summed E-state index contributed by atoms with van der Waals surface area (Å²) in [6, 6.07) is 4.01. The van der Waals surface area contributed by atoms with Crippen LogP contribution in [0.5, 0.6) is 0 Å². The van der Waals surface area contributed by atoms with Gasteiger partial charge in [-0.3, -0.25) is 4.98 Å². The van der Waals surface area contributed by atoms with E-state index in [1.54, 1.807) is 19.5 Å². The SMILES string of the molecule is COCCc1noc(CC2CCN(c3ccc4nccnc4n3)CC2)n1. The molecule has 0 unspecified atom stereocenters. The van der Waals surface area contributed by atoms with Gasteiger partial charge in [-0.25, -0.2) is 9.97 Å². The lowest BCUT2D eigenvalue weighted by Gasteiger charge is -2.32. The van der Waals surface area contributed by atoms with Crippen molar-refractivity contribution in [2.45, 2.75) is 25.7 Å². The zero-order valence-corrected chi connectivity index (χ0v) is 14.8. The monoisotopic (exact) mass is 354 g/mol. The number of fused-ring (bicyclic) bond motifs is 1. The molecule has 8 nitrogen and oxygen atoms in total. The Morgan fingerprint density at radius 2 is 2.00 bits per heavy atom. The Hall–Kier alpha value is -2.61. The molecule has 4 heterocycles. The van der Waals surface area contributed by atoms with Crippen LogP contribution in [0.25, 0.3) is 11.2 Å². The fourth-order valence-electron chi connectivity index (χ4n) is 3.30. The number of pyridine rings is 1. The van der Waals surface area contributed by atoms with Crippen LogP contribution in [0.2, 0.25) is 0 Å². The van der Waals surface area contributed by atoms with Crippen molar-refractivity contribution in [3.63, 3.8) is 0 Å². The number of nitrogens with zero attached hydrogens (tertiary/aromatic N) is 6. The molecule has 1 saturated heterocycles. The van der Waals surface area contributed by atoms with Crippen molar-refractivity contribution in [1.82, 2.24) is 25.1 Å². The predicted molar refractivity (Wildman–Crippen MR) is 95.9 cm³/mol. The molecule has 1 fully saturated rings. The number of rotatable bonds is 6. The lowest BCUT2D eigenvalue weighted by atomic mass is 9.93. The molecule has 1 aliphatic rings. The normalized spacial score (nSPS) is 15.7. The van der Waals surface area contributed by atoms with Gasteiger partial charge >= 0.3 is 0 Å². The van der Waals surface area contributed by atoms with E-state index in [-0.39, 0.29) is 0 Å². The maximum Gasteiger partial charge on any atom is 0.226 e. The Labute approximate surface area is 151 Å². The molecule has 0 atom stereocenters. The van der Waals surface area contributed by atoms with Gasteiger partial charge in [-0.2, -0.15) is 4.98 Å². The molecular weight excluding hydrogens is 332 g/mol. The largest absolute Gasteiger partial charge is 0.384 e. The molecule has 0 aromatic carbocycles. The van der Waals surface area contributed by atoms with Crippen LogP contribution in [-0.4, -0.2) is 51.9 Å². The van der Waals surface area contributed by atoms with E-state index in [4.69, 9.17) is 9.26 Å². The third-order valence-corrected chi connectivity index (χ3v) is 4.76. The number of hydrogen-bond donors (Lipinski definition) is 0. The number of ether oxygens (including phenoxy) is 1. The van der Waals surface area contributed by atoms with Crippen LogP contribution in [0.3, 0.4) is 0 Å². The summed E-state index contributed by atoms with van der Waals surface area (Å²) < 4.78 is 10.4. The molecule has 136 valence electrons. The molecule has 3 aromatic heterocycles. The van der Waals surface area contributed by atoms with Crippen LogP contribution < -0.4 is 4.90 Å².